The molecule has 0 aromatic rings. The van der Waals surface area contributed by atoms with Gasteiger partial charge < -0.3 is 11.5 Å². The minimum atomic E-state index is 0.442. The molecule has 4 N–H and O–H groups in total. The van der Waals surface area contributed by atoms with E-state index in [4.69, 9.17) is 11.5 Å². The van der Waals surface area contributed by atoms with E-state index in [1.54, 1.807) is 0 Å². The third kappa shape index (κ3) is 5.73. The molecule has 0 bridgehead atoms. The molecule has 2 heteroatoms. The van der Waals surface area contributed by atoms with Gasteiger partial charge in [0, 0.05) is 6.04 Å². The van der Waals surface area contributed by atoms with Crippen molar-refractivity contribution in [2.24, 2.45) is 29.2 Å². The van der Waals surface area contributed by atoms with Gasteiger partial charge >= 0.3 is 0 Å². The third-order valence-electron chi connectivity index (χ3n) is 5.82. The maximum atomic E-state index is 6.25. The highest BCUT2D eigenvalue weighted by Crippen LogP contribution is 2.36. The predicted octanol–water partition coefficient (Wildman–Crippen LogP) is 4.22. The van der Waals surface area contributed by atoms with Crippen molar-refractivity contribution >= 4 is 0 Å². The Morgan fingerprint density at radius 3 is 1.45 bits per heavy atom. The fraction of sp³-hybridized carbons (Fsp3) is 1.00. The molecule has 0 amide bonds. The molecule has 0 aromatic carbocycles. The van der Waals surface area contributed by atoms with Crippen molar-refractivity contribution < 1.29 is 0 Å². The standard InChI is InChI=1S/C18H36N2/c19-14-17-9-2-7-16(13-15-5-1-6-15)8-3-11-18(20)12-4-10-17/h15-18H,1-14,19-20H2. The van der Waals surface area contributed by atoms with Gasteiger partial charge in [-0.2, -0.15) is 0 Å². The Kier molecular flexibility index (Phi) is 7.37. The first kappa shape index (κ1) is 16.3. The van der Waals surface area contributed by atoms with E-state index >= 15 is 0 Å². The molecule has 3 atom stereocenters. The van der Waals surface area contributed by atoms with Crippen molar-refractivity contribution in [3.8, 4) is 0 Å². The Hall–Kier alpha value is -0.0800. The molecule has 2 aliphatic rings. The van der Waals surface area contributed by atoms with Gasteiger partial charge in [-0.1, -0.05) is 51.4 Å². The minimum Gasteiger partial charge on any atom is -0.330 e. The number of nitrogens with two attached hydrogens (primary N) is 2. The van der Waals surface area contributed by atoms with Crippen molar-refractivity contribution in [2.75, 3.05) is 6.54 Å². The van der Waals surface area contributed by atoms with E-state index in [2.05, 4.69) is 0 Å². The molecule has 2 saturated carbocycles. The van der Waals surface area contributed by atoms with E-state index in [0.717, 1.165) is 24.3 Å². The second-order valence-corrected chi connectivity index (χ2v) is 7.55. The van der Waals surface area contributed by atoms with Crippen molar-refractivity contribution in [3.63, 3.8) is 0 Å². The van der Waals surface area contributed by atoms with Crippen LogP contribution in [0.1, 0.15) is 83.5 Å². The molecule has 2 aliphatic carbocycles. The van der Waals surface area contributed by atoms with Crippen LogP contribution in [-0.4, -0.2) is 12.6 Å². The summed E-state index contributed by atoms with van der Waals surface area (Å²) >= 11 is 0. The minimum absolute atomic E-state index is 0.442. The van der Waals surface area contributed by atoms with Crippen LogP contribution in [0, 0.1) is 17.8 Å². The highest BCUT2D eigenvalue weighted by Gasteiger charge is 2.22. The van der Waals surface area contributed by atoms with Crippen molar-refractivity contribution in [2.45, 2.75) is 89.5 Å². The lowest BCUT2D eigenvalue weighted by Crippen LogP contribution is -2.23. The van der Waals surface area contributed by atoms with Crippen LogP contribution in [0.2, 0.25) is 0 Å². The Bertz CT molecular complexity index is 250. The molecule has 0 saturated heterocycles. The summed E-state index contributed by atoms with van der Waals surface area (Å²) < 4.78 is 0. The van der Waals surface area contributed by atoms with E-state index in [9.17, 15) is 0 Å². The second-order valence-electron chi connectivity index (χ2n) is 7.55. The van der Waals surface area contributed by atoms with Gasteiger partial charge in [-0.25, -0.2) is 0 Å². The maximum absolute atomic E-state index is 6.25. The van der Waals surface area contributed by atoms with E-state index in [1.165, 1.54) is 83.5 Å². The molecule has 0 spiro atoms. The average Bonchev–Trinajstić information content (AvgIpc) is 2.38. The SMILES string of the molecule is NCC1CCCC(N)CCCC(CC2CCC2)CCC1. The van der Waals surface area contributed by atoms with Crippen LogP contribution in [0.3, 0.4) is 0 Å². The second kappa shape index (κ2) is 9.04. The first-order valence-corrected chi connectivity index (χ1v) is 9.23. The molecule has 0 aliphatic heterocycles. The van der Waals surface area contributed by atoms with Crippen LogP contribution in [-0.2, 0) is 0 Å². The Balaban J connectivity index is 1.79. The highest BCUT2D eigenvalue weighted by atomic mass is 14.6. The number of hydrogen-bond acceptors (Lipinski definition) is 2. The zero-order valence-corrected chi connectivity index (χ0v) is 13.4. The zero-order chi connectivity index (χ0) is 14.2. The van der Waals surface area contributed by atoms with Gasteiger partial charge in [-0.15, -0.1) is 0 Å². The molecule has 2 fully saturated rings. The van der Waals surface area contributed by atoms with Crippen LogP contribution in [0.5, 0.6) is 0 Å². The number of hydrogen-bond donors (Lipinski definition) is 2. The van der Waals surface area contributed by atoms with Crippen LogP contribution in [0.4, 0.5) is 0 Å². The van der Waals surface area contributed by atoms with E-state index in [1.807, 2.05) is 0 Å². The molecular weight excluding hydrogens is 244 g/mol. The summed E-state index contributed by atoms with van der Waals surface area (Å²) in [6, 6.07) is 0.442. The summed E-state index contributed by atoms with van der Waals surface area (Å²) in [5.41, 5.74) is 12.2. The van der Waals surface area contributed by atoms with Crippen LogP contribution >= 0.6 is 0 Å². The lowest BCUT2D eigenvalue weighted by atomic mass is 9.76. The predicted molar refractivity (Wildman–Crippen MR) is 87.5 cm³/mol. The zero-order valence-electron chi connectivity index (χ0n) is 13.4. The molecular formula is C18H36N2. The summed E-state index contributed by atoms with van der Waals surface area (Å²) in [7, 11) is 0. The van der Waals surface area contributed by atoms with Gasteiger partial charge in [-0.3, -0.25) is 0 Å². The molecule has 0 radical (unpaired) electrons. The fourth-order valence-electron chi connectivity index (χ4n) is 4.14. The normalized spacial score (nSPS) is 34.8. The Morgan fingerprint density at radius 2 is 1.00 bits per heavy atom. The smallest absolute Gasteiger partial charge is 0.00388 e. The van der Waals surface area contributed by atoms with E-state index in [-0.39, 0.29) is 0 Å². The molecule has 3 unspecified atom stereocenters. The van der Waals surface area contributed by atoms with Gasteiger partial charge in [0.05, 0.1) is 0 Å². The van der Waals surface area contributed by atoms with Crippen molar-refractivity contribution in [3.05, 3.63) is 0 Å². The first-order valence-electron chi connectivity index (χ1n) is 9.23. The van der Waals surface area contributed by atoms with Gasteiger partial charge in [0.15, 0.2) is 0 Å². The van der Waals surface area contributed by atoms with Crippen LogP contribution < -0.4 is 11.5 Å². The largest absolute Gasteiger partial charge is 0.330 e. The fourth-order valence-corrected chi connectivity index (χ4v) is 4.14. The first-order chi connectivity index (χ1) is 9.78. The molecule has 0 aromatic heterocycles. The number of rotatable bonds is 3. The molecule has 2 rings (SSSR count). The topological polar surface area (TPSA) is 52.0 Å². The molecule has 20 heavy (non-hydrogen) atoms. The lowest BCUT2D eigenvalue weighted by molar-refractivity contribution is 0.224. The van der Waals surface area contributed by atoms with E-state index < -0.39 is 0 Å². The quantitative estimate of drug-likeness (QED) is 0.813. The summed E-state index contributed by atoms with van der Waals surface area (Å²) in [4.78, 5) is 0. The van der Waals surface area contributed by atoms with E-state index in [0.29, 0.717) is 6.04 Å². The third-order valence-corrected chi connectivity index (χ3v) is 5.82. The highest BCUT2D eigenvalue weighted by molar-refractivity contribution is 4.76. The summed E-state index contributed by atoms with van der Waals surface area (Å²) in [5.74, 6) is 2.79. The van der Waals surface area contributed by atoms with Gasteiger partial charge in [-0.05, 0) is 56.4 Å². The molecule has 118 valence electrons. The van der Waals surface area contributed by atoms with Crippen molar-refractivity contribution in [1.82, 2.24) is 0 Å². The average molecular weight is 280 g/mol. The van der Waals surface area contributed by atoms with Gasteiger partial charge in [0.2, 0.25) is 0 Å². The van der Waals surface area contributed by atoms with Crippen molar-refractivity contribution in [1.29, 1.82) is 0 Å². The maximum Gasteiger partial charge on any atom is 0.00388 e. The summed E-state index contributed by atoms with van der Waals surface area (Å²) in [6.45, 7) is 0.878. The molecule has 0 heterocycles. The molecule has 2 nitrogen and oxygen atoms in total. The Morgan fingerprint density at radius 1 is 0.600 bits per heavy atom. The summed E-state index contributed by atoms with van der Waals surface area (Å²) in [6.07, 6.45) is 18.0. The summed E-state index contributed by atoms with van der Waals surface area (Å²) in [5, 5.41) is 0. The van der Waals surface area contributed by atoms with Gasteiger partial charge in [0.25, 0.3) is 0 Å². The lowest BCUT2D eigenvalue weighted by Gasteiger charge is -2.30. The monoisotopic (exact) mass is 280 g/mol. The van der Waals surface area contributed by atoms with Crippen LogP contribution in [0.25, 0.3) is 0 Å². The Labute approximate surface area is 126 Å². The van der Waals surface area contributed by atoms with Gasteiger partial charge in [0.1, 0.15) is 0 Å². The van der Waals surface area contributed by atoms with Crippen LogP contribution in [0.15, 0.2) is 0 Å².